The molecule has 0 aliphatic carbocycles. The van der Waals surface area contributed by atoms with Crippen LogP contribution in [0.3, 0.4) is 0 Å². The number of hydrogen-bond donors (Lipinski definition) is 2. The molecule has 0 saturated carbocycles. The zero-order chi connectivity index (χ0) is 10.6. The molecule has 2 amide bonds. The first kappa shape index (κ1) is 10.7. The predicted octanol–water partition coefficient (Wildman–Crippen LogP) is 0.556. The van der Waals surface area contributed by atoms with E-state index in [2.05, 4.69) is 5.32 Å². The van der Waals surface area contributed by atoms with E-state index in [4.69, 9.17) is 5.73 Å². The van der Waals surface area contributed by atoms with Crippen molar-refractivity contribution in [3.05, 3.63) is 29.8 Å². The van der Waals surface area contributed by atoms with Gasteiger partial charge in [0.2, 0.25) is 0 Å². The molecule has 0 radical (unpaired) electrons. The van der Waals surface area contributed by atoms with Crippen LogP contribution in [-0.2, 0) is 16.8 Å². The van der Waals surface area contributed by atoms with Gasteiger partial charge in [0.25, 0.3) is 0 Å². The van der Waals surface area contributed by atoms with E-state index in [-0.39, 0.29) is 5.75 Å². The van der Waals surface area contributed by atoms with Crippen LogP contribution in [0.1, 0.15) is 5.56 Å². The van der Waals surface area contributed by atoms with Crippen LogP contribution >= 0.6 is 0 Å². The molecule has 0 aliphatic heterocycles. The first-order valence-corrected chi connectivity index (χ1v) is 5.03. The Bertz CT molecular complexity index is 315. The van der Waals surface area contributed by atoms with E-state index in [1.165, 1.54) is 0 Å². The van der Waals surface area contributed by atoms with Crippen molar-refractivity contribution < 1.29 is 13.6 Å². The molecule has 0 saturated heterocycles. The Morgan fingerprint density at radius 1 is 1.43 bits per heavy atom. The Balaban J connectivity index is 2.68. The molecule has 1 aromatic carbocycles. The molecule has 76 valence electrons. The summed E-state index contributed by atoms with van der Waals surface area (Å²) >= 11 is -2.10. The van der Waals surface area contributed by atoms with Gasteiger partial charge in [0.1, 0.15) is 0 Å². The van der Waals surface area contributed by atoms with Crippen LogP contribution in [0.4, 0.5) is 10.5 Å². The lowest BCUT2D eigenvalue weighted by atomic mass is 10.2. The van der Waals surface area contributed by atoms with Gasteiger partial charge < -0.3 is 15.6 Å². The van der Waals surface area contributed by atoms with Crippen molar-refractivity contribution in [3.63, 3.8) is 0 Å². The highest BCUT2D eigenvalue weighted by Crippen LogP contribution is 2.10. The van der Waals surface area contributed by atoms with Crippen molar-refractivity contribution in [2.75, 3.05) is 5.32 Å². The normalized spacial score (nSPS) is 12.1. The topological polar surface area (TPSA) is 95.2 Å². The Morgan fingerprint density at radius 3 is 2.43 bits per heavy atom. The summed E-state index contributed by atoms with van der Waals surface area (Å²) in [5, 5.41) is 2.37. The van der Waals surface area contributed by atoms with Gasteiger partial charge in [0, 0.05) is 11.4 Å². The van der Waals surface area contributed by atoms with Gasteiger partial charge in [-0.3, -0.25) is 4.21 Å². The van der Waals surface area contributed by atoms with Gasteiger partial charge >= 0.3 is 6.03 Å². The first-order valence-electron chi connectivity index (χ1n) is 3.79. The van der Waals surface area contributed by atoms with Crippen molar-refractivity contribution in [3.8, 4) is 0 Å². The number of anilines is 1. The zero-order valence-corrected chi connectivity index (χ0v) is 8.04. The van der Waals surface area contributed by atoms with Crippen LogP contribution in [0.25, 0.3) is 0 Å². The molecule has 6 heteroatoms. The average Bonchev–Trinajstić information content (AvgIpc) is 2.06. The molecular weight excluding hydrogens is 204 g/mol. The Hall–Kier alpha value is -1.40. The number of urea groups is 1. The van der Waals surface area contributed by atoms with Gasteiger partial charge in [-0.05, 0) is 17.7 Å². The second-order valence-electron chi connectivity index (χ2n) is 2.63. The summed E-state index contributed by atoms with van der Waals surface area (Å²) < 4.78 is 20.7. The number of carbonyl (C=O) groups excluding carboxylic acids is 1. The minimum absolute atomic E-state index is 0.0309. The van der Waals surface area contributed by atoms with Crippen molar-refractivity contribution in [2.45, 2.75) is 5.75 Å². The van der Waals surface area contributed by atoms with Crippen molar-refractivity contribution in [2.24, 2.45) is 5.73 Å². The van der Waals surface area contributed by atoms with Crippen LogP contribution < -0.4 is 11.1 Å². The third-order valence-electron chi connectivity index (χ3n) is 1.51. The maximum Gasteiger partial charge on any atom is 0.316 e. The van der Waals surface area contributed by atoms with Crippen molar-refractivity contribution in [1.82, 2.24) is 0 Å². The molecular formula is C8H9N2O3S-. The van der Waals surface area contributed by atoms with Crippen LogP contribution in [-0.4, -0.2) is 14.8 Å². The first-order chi connectivity index (χ1) is 6.58. The Kier molecular flexibility index (Phi) is 3.61. The molecule has 1 atom stereocenters. The number of nitrogens with one attached hydrogen (secondary N) is 1. The van der Waals surface area contributed by atoms with Gasteiger partial charge in [0.05, 0.1) is 0 Å². The molecule has 1 rings (SSSR count). The quantitative estimate of drug-likeness (QED) is 0.718. The molecule has 0 aliphatic rings. The minimum atomic E-state index is -2.10. The molecule has 1 aromatic rings. The fraction of sp³-hybridized carbons (Fsp3) is 0.125. The summed E-state index contributed by atoms with van der Waals surface area (Å²) in [7, 11) is 0. The van der Waals surface area contributed by atoms with Crippen LogP contribution in [0.15, 0.2) is 24.3 Å². The number of primary amides is 1. The summed E-state index contributed by atoms with van der Waals surface area (Å²) in [5.41, 5.74) is 6.09. The number of amides is 2. The molecule has 0 aromatic heterocycles. The van der Waals surface area contributed by atoms with E-state index in [0.29, 0.717) is 11.3 Å². The molecule has 14 heavy (non-hydrogen) atoms. The van der Waals surface area contributed by atoms with E-state index in [1.807, 2.05) is 0 Å². The second kappa shape index (κ2) is 4.73. The minimum Gasteiger partial charge on any atom is -0.772 e. The van der Waals surface area contributed by atoms with Crippen LogP contribution in [0.2, 0.25) is 0 Å². The maximum atomic E-state index is 10.4. The highest BCUT2D eigenvalue weighted by Gasteiger charge is 1.96. The SMILES string of the molecule is NC(=O)Nc1ccc(CS(=O)[O-])cc1. The largest absolute Gasteiger partial charge is 0.772 e. The number of nitrogens with two attached hydrogens (primary N) is 1. The molecule has 0 bridgehead atoms. The van der Waals surface area contributed by atoms with Gasteiger partial charge in [-0.2, -0.15) is 0 Å². The number of hydrogen-bond acceptors (Lipinski definition) is 3. The summed E-state index contributed by atoms with van der Waals surface area (Å²) in [4.78, 5) is 10.4. The highest BCUT2D eigenvalue weighted by atomic mass is 32.2. The van der Waals surface area contributed by atoms with Crippen molar-refractivity contribution >= 4 is 22.8 Å². The van der Waals surface area contributed by atoms with Crippen LogP contribution in [0.5, 0.6) is 0 Å². The third-order valence-corrected chi connectivity index (χ3v) is 2.08. The number of benzene rings is 1. The fourth-order valence-electron chi connectivity index (χ4n) is 0.963. The van der Waals surface area contributed by atoms with E-state index >= 15 is 0 Å². The number of carbonyl (C=O) groups is 1. The average molecular weight is 213 g/mol. The van der Waals surface area contributed by atoms with Gasteiger partial charge in [0.15, 0.2) is 0 Å². The van der Waals surface area contributed by atoms with E-state index in [0.717, 1.165) is 0 Å². The molecule has 0 fully saturated rings. The second-order valence-corrected chi connectivity index (χ2v) is 3.53. The molecule has 1 unspecified atom stereocenters. The lowest BCUT2D eigenvalue weighted by Gasteiger charge is -2.06. The Labute approximate surface area is 83.6 Å². The monoisotopic (exact) mass is 213 g/mol. The standard InChI is InChI=1S/C8H10N2O3S/c9-8(11)10-7-3-1-6(2-4-7)5-14(12)13/h1-4H,5H2,(H,12,13)(H3,9,10,11)/p-1. The summed E-state index contributed by atoms with van der Waals surface area (Å²) in [5.74, 6) is -0.0309. The summed E-state index contributed by atoms with van der Waals surface area (Å²) in [6, 6.07) is 5.76. The molecule has 0 heterocycles. The number of rotatable bonds is 3. The van der Waals surface area contributed by atoms with Gasteiger partial charge in [-0.1, -0.05) is 23.2 Å². The summed E-state index contributed by atoms with van der Waals surface area (Å²) in [6.07, 6.45) is 0. The van der Waals surface area contributed by atoms with Gasteiger partial charge in [-0.25, -0.2) is 4.79 Å². The fourth-order valence-corrected chi connectivity index (χ4v) is 1.43. The zero-order valence-electron chi connectivity index (χ0n) is 7.23. The molecule has 5 nitrogen and oxygen atoms in total. The van der Waals surface area contributed by atoms with E-state index < -0.39 is 17.1 Å². The lowest BCUT2D eigenvalue weighted by Crippen LogP contribution is -2.19. The molecule has 0 spiro atoms. The van der Waals surface area contributed by atoms with E-state index in [1.54, 1.807) is 24.3 Å². The molecule has 3 N–H and O–H groups in total. The predicted molar refractivity (Wildman–Crippen MR) is 52.3 cm³/mol. The lowest BCUT2D eigenvalue weighted by molar-refractivity contribution is 0.259. The van der Waals surface area contributed by atoms with E-state index in [9.17, 15) is 13.6 Å². The Morgan fingerprint density at radius 2 is 2.00 bits per heavy atom. The van der Waals surface area contributed by atoms with Crippen molar-refractivity contribution in [1.29, 1.82) is 0 Å². The third kappa shape index (κ3) is 3.55. The summed E-state index contributed by atoms with van der Waals surface area (Å²) in [6.45, 7) is 0. The highest BCUT2D eigenvalue weighted by molar-refractivity contribution is 7.78. The maximum absolute atomic E-state index is 10.4. The van der Waals surface area contributed by atoms with Gasteiger partial charge in [-0.15, -0.1) is 0 Å². The van der Waals surface area contributed by atoms with Crippen LogP contribution in [0, 0.1) is 0 Å². The smallest absolute Gasteiger partial charge is 0.316 e.